The number of carbonyl (C=O) groups excluding carboxylic acids is 1. The Labute approximate surface area is 247 Å². The zero-order chi connectivity index (χ0) is 30.3. The highest BCUT2D eigenvalue weighted by molar-refractivity contribution is 5.91. The molecule has 0 aliphatic carbocycles. The smallest absolute Gasteiger partial charge is 0.357 e. The standard InChI is InChI=1S/C31H31N7O5/c1-4-6-11-26-25(18-20-12-14-21(15-13-20)23-9-7-8-10-24(23)30-32-35-36-33-30)29(31(39)43-5-2)37(34-26)27-17-16-22(42-3)19-28(27)38(40)41/h7-10,12-17,19H,4-6,11,18H2,1-3H3,(H,32,33,35,36). The van der Waals surface area contributed by atoms with Crippen molar-refractivity contribution in [1.29, 1.82) is 0 Å². The van der Waals surface area contributed by atoms with Crippen LogP contribution in [-0.2, 0) is 17.6 Å². The van der Waals surface area contributed by atoms with Crippen LogP contribution in [0.5, 0.6) is 5.75 Å². The lowest BCUT2D eigenvalue weighted by Crippen LogP contribution is -2.15. The van der Waals surface area contributed by atoms with Crippen molar-refractivity contribution < 1.29 is 19.2 Å². The van der Waals surface area contributed by atoms with Crippen LogP contribution in [0.4, 0.5) is 5.69 Å². The highest BCUT2D eigenvalue weighted by atomic mass is 16.6. The fourth-order valence-corrected chi connectivity index (χ4v) is 4.99. The summed E-state index contributed by atoms with van der Waals surface area (Å²) in [6, 6.07) is 20.3. The molecule has 0 radical (unpaired) electrons. The second-order valence-corrected chi connectivity index (χ2v) is 9.79. The molecule has 1 N–H and O–H groups in total. The number of benzene rings is 3. The van der Waals surface area contributed by atoms with Crippen molar-refractivity contribution in [3.8, 4) is 34.0 Å². The summed E-state index contributed by atoms with van der Waals surface area (Å²) in [5.41, 5.74) is 5.22. The summed E-state index contributed by atoms with van der Waals surface area (Å²) in [5, 5.41) is 31.1. The van der Waals surface area contributed by atoms with Crippen molar-refractivity contribution in [1.82, 2.24) is 30.4 Å². The lowest BCUT2D eigenvalue weighted by atomic mass is 9.95. The average molecular weight is 582 g/mol. The van der Waals surface area contributed by atoms with Gasteiger partial charge < -0.3 is 9.47 Å². The van der Waals surface area contributed by atoms with E-state index >= 15 is 0 Å². The number of nitrogens with zero attached hydrogens (tertiary/aromatic N) is 6. The Morgan fingerprint density at radius 2 is 1.81 bits per heavy atom. The molecule has 0 aliphatic heterocycles. The maximum Gasteiger partial charge on any atom is 0.357 e. The number of hydrogen-bond acceptors (Lipinski definition) is 9. The third-order valence-electron chi connectivity index (χ3n) is 7.08. The molecule has 0 bridgehead atoms. The van der Waals surface area contributed by atoms with Crippen molar-refractivity contribution in [2.75, 3.05) is 13.7 Å². The Kier molecular flexibility index (Phi) is 8.85. The topological polar surface area (TPSA) is 151 Å². The van der Waals surface area contributed by atoms with Crippen LogP contribution in [-0.4, -0.2) is 55.0 Å². The molecule has 220 valence electrons. The van der Waals surface area contributed by atoms with Crippen LogP contribution in [0.15, 0.2) is 66.7 Å². The second-order valence-electron chi connectivity index (χ2n) is 9.79. The van der Waals surface area contributed by atoms with E-state index in [0.717, 1.165) is 35.1 Å². The third kappa shape index (κ3) is 6.13. The number of hydrogen-bond donors (Lipinski definition) is 1. The number of carbonyl (C=O) groups is 1. The van der Waals surface area contributed by atoms with E-state index in [0.29, 0.717) is 35.7 Å². The van der Waals surface area contributed by atoms with E-state index in [1.54, 1.807) is 13.0 Å². The molecule has 0 fully saturated rings. The number of rotatable bonds is 12. The Balaban J connectivity index is 1.59. The van der Waals surface area contributed by atoms with Gasteiger partial charge in [0.2, 0.25) is 0 Å². The van der Waals surface area contributed by atoms with Crippen LogP contribution >= 0.6 is 0 Å². The molecule has 12 nitrogen and oxygen atoms in total. The Morgan fingerprint density at radius 1 is 1.05 bits per heavy atom. The summed E-state index contributed by atoms with van der Waals surface area (Å²) >= 11 is 0. The maximum atomic E-state index is 13.4. The largest absolute Gasteiger partial charge is 0.496 e. The molecule has 43 heavy (non-hydrogen) atoms. The summed E-state index contributed by atoms with van der Waals surface area (Å²) < 4.78 is 12.0. The van der Waals surface area contributed by atoms with E-state index in [-0.39, 0.29) is 23.7 Å². The van der Waals surface area contributed by atoms with Gasteiger partial charge in [0, 0.05) is 17.5 Å². The predicted octanol–water partition coefficient (Wildman–Crippen LogP) is 5.75. The van der Waals surface area contributed by atoms with Crippen LogP contribution in [0.25, 0.3) is 28.2 Å². The van der Waals surface area contributed by atoms with Gasteiger partial charge in [0.25, 0.3) is 5.69 Å². The molecule has 12 heteroatoms. The molecule has 3 aromatic carbocycles. The first-order chi connectivity index (χ1) is 20.9. The minimum atomic E-state index is -0.593. The third-order valence-corrected chi connectivity index (χ3v) is 7.08. The highest BCUT2D eigenvalue weighted by Gasteiger charge is 2.29. The molecule has 2 heterocycles. The number of nitrogens with one attached hydrogen (secondary N) is 1. The van der Waals surface area contributed by atoms with Gasteiger partial charge in [-0.15, -0.1) is 5.10 Å². The minimum absolute atomic E-state index is 0.146. The van der Waals surface area contributed by atoms with Crippen molar-refractivity contribution in [3.05, 3.63) is 99.4 Å². The number of ether oxygens (including phenoxy) is 2. The van der Waals surface area contributed by atoms with Crippen LogP contribution < -0.4 is 4.74 Å². The molecule has 0 spiro atoms. The van der Waals surface area contributed by atoms with Crippen LogP contribution in [0.2, 0.25) is 0 Å². The van der Waals surface area contributed by atoms with Crippen molar-refractivity contribution in [3.63, 3.8) is 0 Å². The normalized spacial score (nSPS) is 11.0. The number of aryl methyl sites for hydroxylation is 1. The van der Waals surface area contributed by atoms with Crippen LogP contribution in [0, 0.1) is 10.1 Å². The molecule has 0 saturated heterocycles. The van der Waals surface area contributed by atoms with E-state index in [1.165, 1.54) is 23.9 Å². The second kappa shape index (κ2) is 13.1. The zero-order valence-electron chi connectivity index (χ0n) is 24.1. The summed E-state index contributed by atoms with van der Waals surface area (Å²) in [7, 11) is 1.44. The highest BCUT2D eigenvalue weighted by Crippen LogP contribution is 2.33. The van der Waals surface area contributed by atoms with Crippen molar-refractivity contribution in [2.24, 2.45) is 0 Å². The van der Waals surface area contributed by atoms with Gasteiger partial charge in [0.15, 0.2) is 11.5 Å². The van der Waals surface area contributed by atoms with Gasteiger partial charge >= 0.3 is 5.97 Å². The predicted molar refractivity (Wildman–Crippen MR) is 159 cm³/mol. The van der Waals surface area contributed by atoms with E-state index < -0.39 is 10.9 Å². The first-order valence-electron chi connectivity index (χ1n) is 14.0. The van der Waals surface area contributed by atoms with Gasteiger partial charge in [-0.2, -0.15) is 5.10 Å². The Hall–Kier alpha value is -5.39. The Bertz CT molecular complexity index is 1730. The number of aromatic amines is 1. The number of methoxy groups -OCH3 is 1. The van der Waals surface area contributed by atoms with Crippen LogP contribution in [0.1, 0.15) is 54.0 Å². The van der Waals surface area contributed by atoms with Crippen molar-refractivity contribution in [2.45, 2.75) is 39.5 Å². The van der Waals surface area contributed by atoms with Crippen molar-refractivity contribution >= 4 is 11.7 Å². The monoisotopic (exact) mass is 581 g/mol. The molecular weight excluding hydrogens is 550 g/mol. The number of tetrazole rings is 1. The van der Waals surface area contributed by atoms with E-state index in [4.69, 9.17) is 14.6 Å². The SMILES string of the molecule is CCCCc1nn(-c2ccc(OC)cc2[N+](=O)[O-])c(C(=O)OCC)c1Cc1ccc(-c2ccccc2-c2nnn[nH]2)cc1. The summed E-state index contributed by atoms with van der Waals surface area (Å²) in [5.74, 6) is 0.302. The van der Waals surface area contributed by atoms with E-state index in [1.807, 2.05) is 48.5 Å². The molecule has 2 aromatic heterocycles. The molecular formula is C31H31N7O5. The van der Waals surface area contributed by atoms with Gasteiger partial charge in [0.05, 0.1) is 30.4 Å². The van der Waals surface area contributed by atoms with Gasteiger partial charge in [-0.05, 0) is 59.0 Å². The van der Waals surface area contributed by atoms with Crippen LogP contribution in [0.3, 0.4) is 0 Å². The number of nitro groups is 1. The molecule has 5 aromatic rings. The number of H-pyrrole nitrogens is 1. The fraction of sp³-hybridized carbons (Fsp3) is 0.258. The molecule has 0 unspecified atom stereocenters. The summed E-state index contributed by atoms with van der Waals surface area (Å²) in [4.78, 5) is 25.0. The Morgan fingerprint density at radius 3 is 2.47 bits per heavy atom. The number of aromatic nitrogens is 6. The van der Waals surface area contributed by atoms with Gasteiger partial charge in [-0.1, -0.05) is 61.9 Å². The zero-order valence-corrected chi connectivity index (χ0v) is 24.1. The van der Waals surface area contributed by atoms with Gasteiger partial charge in [-0.3, -0.25) is 10.1 Å². The molecule has 0 amide bonds. The number of nitro benzene ring substituents is 1. The van der Waals surface area contributed by atoms with Gasteiger partial charge in [-0.25, -0.2) is 14.6 Å². The molecule has 5 rings (SSSR count). The minimum Gasteiger partial charge on any atom is -0.496 e. The molecule has 0 aliphatic rings. The van der Waals surface area contributed by atoms with E-state index in [2.05, 4.69) is 27.5 Å². The quantitative estimate of drug-likeness (QED) is 0.110. The van der Waals surface area contributed by atoms with E-state index in [9.17, 15) is 14.9 Å². The lowest BCUT2D eigenvalue weighted by Gasteiger charge is -2.11. The summed E-state index contributed by atoms with van der Waals surface area (Å²) in [6.07, 6.45) is 2.73. The molecule has 0 saturated carbocycles. The fourth-order valence-electron chi connectivity index (χ4n) is 4.99. The molecule has 0 atom stereocenters. The van der Waals surface area contributed by atoms with Gasteiger partial charge in [0.1, 0.15) is 11.4 Å². The average Bonchev–Trinajstić information content (AvgIpc) is 3.69. The number of unbranched alkanes of at least 4 members (excludes halogenated alkanes) is 1. The lowest BCUT2D eigenvalue weighted by molar-refractivity contribution is -0.384. The number of esters is 1. The maximum absolute atomic E-state index is 13.4. The first kappa shape index (κ1) is 29.1. The first-order valence-corrected chi connectivity index (χ1v) is 14.0. The summed E-state index contributed by atoms with van der Waals surface area (Å²) in [6.45, 7) is 3.94.